The normalized spacial score (nSPS) is 17.1. The van der Waals surface area contributed by atoms with E-state index < -0.39 is 16.0 Å². The van der Waals surface area contributed by atoms with Crippen molar-refractivity contribution in [3.05, 3.63) is 28.2 Å². The van der Waals surface area contributed by atoms with Crippen LogP contribution in [0.5, 0.6) is 0 Å². The van der Waals surface area contributed by atoms with Crippen LogP contribution in [0.4, 0.5) is 0 Å². The molecule has 110 valence electrons. The Kier molecular flexibility index (Phi) is 4.79. The average molecular weight is 364 g/mol. The molecule has 2 N–H and O–H groups in total. The van der Waals surface area contributed by atoms with Gasteiger partial charge in [0.15, 0.2) is 0 Å². The van der Waals surface area contributed by atoms with Crippen LogP contribution in [0.1, 0.15) is 23.2 Å². The second kappa shape index (κ2) is 6.21. The van der Waals surface area contributed by atoms with Gasteiger partial charge in [0.1, 0.15) is 0 Å². The highest BCUT2D eigenvalue weighted by Crippen LogP contribution is 2.24. The van der Waals surface area contributed by atoms with Crippen LogP contribution in [0.2, 0.25) is 0 Å². The number of rotatable bonds is 4. The van der Waals surface area contributed by atoms with Gasteiger partial charge in [-0.05, 0) is 47.0 Å². The third-order valence-corrected chi connectivity index (χ3v) is 5.51. The van der Waals surface area contributed by atoms with E-state index in [-0.39, 0.29) is 21.0 Å². The Morgan fingerprint density at radius 1 is 1.35 bits per heavy atom. The smallest absolute Gasteiger partial charge is 0.335 e. The summed E-state index contributed by atoms with van der Waals surface area (Å²) in [6, 6.07) is 3.68. The molecule has 1 fully saturated rings. The molecular weight excluding hydrogens is 350 g/mol. The molecule has 0 aromatic heterocycles. The summed E-state index contributed by atoms with van der Waals surface area (Å²) in [6.07, 6.45) is 1.26. The molecule has 0 aliphatic carbocycles. The van der Waals surface area contributed by atoms with Crippen LogP contribution in [-0.4, -0.2) is 38.7 Å². The molecule has 20 heavy (non-hydrogen) atoms. The number of halogens is 1. The second-order valence-electron chi connectivity index (χ2n) is 4.46. The molecule has 1 aromatic rings. The fraction of sp³-hybridized carbons (Fsp3) is 0.417. The average Bonchev–Trinajstić information content (AvgIpc) is 2.38. The molecule has 0 spiro atoms. The maximum Gasteiger partial charge on any atom is 0.335 e. The van der Waals surface area contributed by atoms with Gasteiger partial charge in [0.25, 0.3) is 0 Å². The van der Waals surface area contributed by atoms with Crippen LogP contribution in [0.15, 0.2) is 27.6 Å². The van der Waals surface area contributed by atoms with E-state index in [0.717, 1.165) is 0 Å². The van der Waals surface area contributed by atoms with Crippen LogP contribution in [0, 0.1) is 0 Å². The first kappa shape index (κ1) is 15.4. The Morgan fingerprint density at radius 3 is 2.55 bits per heavy atom. The molecule has 0 radical (unpaired) electrons. The number of sulfonamides is 1. The van der Waals surface area contributed by atoms with Crippen molar-refractivity contribution in [1.29, 1.82) is 0 Å². The van der Waals surface area contributed by atoms with E-state index in [1.807, 2.05) is 0 Å². The lowest BCUT2D eigenvalue weighted by atomic mass is 10.1. The summed E-state index contributed by atoms with van der Waals surface area (Å²) in [7, 11) is -3.68. The Morgan fingerprint density at radius 2 is 2.00 bits per heavy atom. The summed E-state index contributed by atoms with van der Waals surface area (Å²) in [5, 5.41) is 8.86. The van der Waals surface area contributed by atoms with E-state index in [1.165, 1.54) is 18.2 Å². The van der Waals surface area contributed by atoms with E-state index in [0.29, 0.717) is 26.1 Å². The highest BCUT2D eigenvalue weighted by atomic mass is 79.9. The monoisotopic (exact) mass is 363 g/mol. The Hall–Kier alpha value is -0.960. The maximum atomic E-state index is 12.3. The fourth-order valence-electron chi connectivity index (χ4n) is 1.95. The summed E-state index contributed by atoms with van der Waals surface area (Å²) >= 11 is 3.11. The third kappa shape index (κ3) is 3.57. The van der Waals surface area contributed by atoms with Gasteiger partial charge < -0.3 is 9.84 Å². The Balaban J connectivity index is 2.22. The molecule has 8 heteroatoms. The molecule has 1 aliphatic heterocycles. The number of hydrogen-bond acceptors (Lipinski definition) is 4. The molecule has 0 unspecified atom stereocenters. The molecule has 1 aromatic carbocycles. The highest BCUT2D eigenvalue weighted by Gasteiger charge is 2.24. The van der Waals surface area contributed by atoms with Crippen LogP contribution in [-0.2, 0) is 14.8 Å². The van der Waals surface area contributed by atoms with Crippen LogP contribution >= 0.6 is 15.9 Å². The predicted octanol–water partition coefficient (Wildman–Crippen LogP) is 1.60. The summed E-state index contributed by atoms with van der Waals surface area (Å²) in [4.78, 5) is 10.9. The van der Waals surface area contributed by atoms with Crippen molar-refractivity contribution in [1.82, 2.24) is 4.72 Å². The molecule has 0 saturated carbocycles. The summed E-state index contributed by atoms with van der Waals surface area (Å²) in [5.41, 5.74) is 0.0295. The molecular formula is C12H14BrNO5S. The molecule has 6 nitrogen and oxygen atoms in total. The van der Waals surface area contributed by atoms with Gasteiger partial charge in [-0.2, -0.15) is 0 Å². The molecule has 1 heterocycles. The van der Waals surface area contributed by atoms with Gasteiger partial charge in [-0.3, -0.25) is 0 Å². The van der Waals surface area contributed by atoms with Gasteiger partial charge >= 0.3 is 5.97 Å². The van der Waals surface area contributed by atoms with Gasteiger partial charge in [0, 0.05) is 23.7 Å². The van der Waals surface area contributed by atoms with E-state index in [4.69, 9.17) is 9.84 Å². The van der Waals surface area contributed by atoms with Crippen molar-refractivity contribution in [3.63, 3.8) is 0 Å². The number of ether oxygens (including phenoxy) is 1. The quantitative estimate of drug-likeness (QED) is 0.847. The van der Waals surface area contributed by atoms with Gasteiger partial charge in [0.05, 0.1) is 10.5 Å². The van der Waals surface area contributed by atoms with Gasteiger partial charge in [0.2, 0.25) is 10.0 Å². The van der Waals surface area contributed by atoms with E-state index >= 15 is 0 Å². The minimum Gasteiger partial charge on any atom is -0.478 e. The summed E-state index contributed by atoms with van der Waals surface area (Å²) in [5.74, 6) is -1.10. The summed E-state index contributed by atoms with van der Waals surface area (Å²) < 4.78 is 32.6. The molecule has 0 atom stereocenters. The van der Waals surface area contributed by atoms with Crippen LogP contribution in [0.3, 0.4) is 0 Å². The van der Waals surface area contributed by atoms with Crippen molar-refractivity contribution >= 4 is 31.9 Å². The van der Waals surface area contributed by atoms with Gasteiger partial charge in [-0.25, -0.2) is 17.9 Å². The minimum atomic E-state index is -3.68. The van der Waals surface area contributed by atoms with Crippen molar-refractivity contribution in [2.45, 2.75) is 23.8 Å². The van der Waals surface area contributed by atoms with Crippen LogP contribution in [0.25, 0.3) is 0 Å². The van der Waals surface area contributed by atoms with Crippen molar-refractivity contribution in [2.75, 3.05) is 13.2 Å². The number of carbonyl (C=O) groups is 1. The Labute approximate surface area is 125 Å². The second-order valence-corrected chi connectivity index (χ2v) is 7.00. The molecule has 0 amide bonds. The van der Waals surface area contributed by atoms with Crippen molar-refractivity contribution in [2.24, 2.45) is 0 Å². The number of aromatic carboxylic acids is 1. The minimum absolute atomic E-state index is 0.0295. The van der Waals surface area contributed by atoms with Crippen molar-refractivity contribution < 1.29 is 23.1 Å². The zero-order chi connectivity index (χ0) is 14.8. The van der Waals surface area contributed by atoms with Gasteiger partial charge in [-0.1, -0.05) is 0 Å². The lowest BCUT2D eigenvalue weighted by Gasteiger charge is -2.23. The van der Waals surface area contributed by atoms with E-state index in [2.05, 4.69) is 20.7 Å². The van der Waals surface area contributed by atoms with E-state index in [9.17, 15) is 13.2 Å². The zero-order valence-corrected chi connectivity index (χ0v) is 12.9. The molecule has 1 aliphatic rings. The standard InChI is InChI=1S/C12H14BrNO5S/c13-10-7-8(12(15)16)1-2-11(10)20(17,18)14-9-3-5-19-6-4-9/h1-2,7,9,14H,3-6H2,(H,15,16). The number of carboxylic acid groups (broad SMARTS) is 1. The lowest BCUT2D eigenvalue weighted by molar-refractivity contribution is 0.0696. The molecule has 2 rings (SSSR count). The lowest BCUT2D eigenvalue weighted by Crippen LogP contribution is -2.38. The van der Waals surface area contributed by atoms with Gasteiger partial charge in [-0.15, -0.1) is 0 Å². The number of nitrogens with one attached hydrogen (secondary N) is 1. The number of carboxylic acids is 1. The Bertz CT molecular complexity index is 610. The molecule has 1 saturated heterocycles. The summed E-state index contributed by atoms with van der Waals surface area (Å²) in [6.45, 7) is 1.07. The third-order valence-electron chi connectivity index (χ3n) is 3.01. The topological polar surface area (TPSA) is 92.7 Å². The first-order valence-electron chi connectivity index (χ1n) is 6.03. The fourth-order valence-corrected chi connectivity index (χ4v) is 4.33. The predicted molar refractivity (Wildman–Crippen MR) is 75.3 cm³/mol. The van der Waals surface area contributed by atoms with Crippen molar-refractivity contribution in [3.8, 4) is 0 Å². The first-order valence-corrected chi connectivity index (χ1v) is 8.31. The largest absolute Gasteiger partial charge is 0.478 e. The molecule has 0 bridgehead atoms. The SMILES string of the molecule is O=C(O)c1ccc(S(=O)(=O)NC2CCOCC2)c(Br)c1. The zero-order valence-electron chi connectivity index (χ0n) is 10.5. The van der Waals surface area contributed by atoms with Crippen LogP contribution < -0.4 is 4.72 Å². The number of hydrogen-bond donors (Lipinski definition) is 2. The highest BCUT2D eigenvalue weighted by molar-refractivity contribution is 9.10. The van der Waals surface area contributed by atoms with E-state index in [1.54, 1.807) is 0 Å². The number of benzene rings is 1. The maximum absolute atomic E-state index is 12.3. The first-order chi connectivity index (χ1) is 9.40.